The lowest BCUT2D eigenvalue weighted by Gasteiger charge is -2.15. The van der Waals surface area contributed by atoms with Gasteiger partial charge in [-0.2, -0.15) is 0 Å². The number of rotatable bonds is 9. The SMILES string of the molecule is CCC/C(Cc1ccccc1)=C(/CCC)C(=O)OCc1ccccc1. The van der Waals surface area contributed by atoms with E-state index >= 15 is 0 Å². The highest BCUT2D eigenvalue weighted by atomic mass is 16.5. The first-order valence-corrected chi connectivity index (χ1v) is 9.20. The standard InChI is InChI=1S/C23H28O2/c1-3-11-21(17-19-13-7-5-8-14-19)22(12-4-2)23(24)25-18-20-15-9-6-10-16-20/h5-10,13-16H,3-4,11-12,17-18H2,1-2H3/b22-21+. The molecule has 2 rings (SSSR count). The predicted octanol–water partition coefficient (Wildman–Crippen LogP) is 5.87. The minimum absolute atomic E-state index is 0.162. The van der Waals surface area contributed by atoms with Crippen molar-refractivity contribution < 1.29 is 9.53 Å². The van der Waals surface area contributed by atoms with E-state index in [-0.39, 0.29) is 5.97 Å². The molecule has 132 valence electrons. The molecule has 0 aliphatic heterocycles. The van der Waals surface area contributed by atoms with Gasteiger partial charge in [-0.25, -0.2) is 4.79 Å². The minimum atomic E-state index is -0.162. The molecule has 2 aromatic carbocycles. The van der Waals surface area contributed by atoms with Crippen LogP contribution in [0.3, 0.4) is 0 Å². The van der Waals surface area contributed by atoms with Crippen LogP contribution >= 0.6 is 0 Å². The number of carbonyl (C=O) groups excluding carboxylic acids is 1. The summed E-state index contributed by atoms with van der Waals surface area (Å²) in [6, 6.07) is 20.2. The Bertz CT molecular complexity index is 672. The normalized spacial score (nSPS) is 11.8. The zero-order chi connectivity index (χ0) is 17.9. The number of carbonyl (C=O) groups is 1. The summed E-state index contributed by atoms with van der Waals surface area (Å²) in [4.78, 5) is 12.7. The molecule has 0 saturated carbocycles. The van der Waals surface area contributed by atoms with Gasteiger partial charge in [-0.1, -0.05) is 92.9 Å². The molecule has 2 aromatic rings. The number of benzene rings is 2. The second-order valence-corrected chi connectivity index (χ2v) is 6.31. The van der Waals surface area contributed by atoms with Crippen LogP contribution in [0.5, 0.6) is 0 Å². The van der Waals surface area contributed by atoms with E-state index in [0.29, 0.717) is 6.61 Å². The Hall–Kier alpha value is -2.35. The molecule has 0 radical (unpaired) electrons. The first-order chi connectivity index (χ1) is 12.2. The zero-order valence-electron chi connectivity index (χ0n) is 15.3. The summed E-state index contributed by atoms with van der Waals surface area (Å²) >= 11 is 0. The lowest BCUT2D eigenvalue weighted by molar-refractivity contribution is -0.140. The van der Waals surface area contributed by atoms with Crippen molar-refractivity contribution in [2.45, 2.75) is 52.6 Å². The number of ether oxygens (including phenoxy) is 1. The van der Waals surface area contributed by atoms with Crippen molar-refractivity contribution in [2.24, 2.45) is 0 Å². The maximum absolute atomic E-state index is 12.7. The molecule has 0 amide bonds. The van der Waals surface area contributed by atoms with Gasteiger partial charge in [-0.05, 0) is 30.4 Å². The largest absolute Gasteiger partial charge is 0.457 e. The lowest BCUT2D eigenvalue weighted by Crippen LogP contribution is -2.12. The number of allylic oxidation sites excluding steroid dienone is 1. The van der Waals surface area contributed by atoms with Gasteiger partial charge in [0.15, 0.2) is 0 Å². The summed E-state index contributed by atoms with van der Waals surface area (Å²) in [6.07, 6.45) is 4.50. The van der Waals surface area contributed by atoms with E-state index in [9.17, 15) is 4.79 Å². The van der Waals surface area contributed by atoms with E-state index in [1.54, 1.807) is 0 Å². The fraction of sp³-hybridized carbons (Fsp3) is 0.348. The maximum atomic E-state index is 12.7. The van der Waals surface area contributed by atoms with Gasteiger partial charge in [0.25, 0.3) is 0 Å². The van der Waals surface area contributed by atoms with Crippen LogP contribution < -0.4 is 0 Å². The van der Waals surface area contributed by atoms with Gasteiger partial charge >= 0.3 is 5.97 Å². The Morgan fingerprint density at radius 1 is 0.800 bits per heavy atom. The monoisotopic (exact) mass is 336 g/mol. The van der Waals surface area contributed by atoms with Gasteiger partial charge in [0.2, 0.25) is 0 Å². The van der Waals surface area contributed by atoms with Gasteiger partial charge in [-0.15, -0.1) is 0 Å². The van der Waals surface area contributed by atoms with Crippen molar-refractivity contribution in [3.8, 4) is 0 Å². The van der Waals surface area contributed by atoms with E-state index in [1.807, 2.05) is 48.5 Å². The van der Waals surface area contributed by atoms with Crippen molar-refractivity contribution in [2.75, 3.05) is 0 Å². The minimum Gasteiger partial charge on any atom is -0.457 e. The van der Waals surface area contributed by atoms with Gasteiger partial charge in [0, 0.05) is 5.57 Å². The Labute approximate surface area is 151 Å². The van der Waals surface area contributed by atoms with Crippen molar-refractivity contribution >= 4 is 5.97 Å². The lowest BCUT2D eigenvalue weighted by atomic mass is 9.94. The molecular weight excluding hydrogens is 308 g/mol. The second kappa shape index (κ2) is 10.5. The highest BCUT2D eigenvalue weighted by molar-refractivity contribution is 5.89. The van der Waals surface area contributed by atoms with E-state index in [4.69, 9.17) is 4.74 Å². The number of hydrogen-bond donors (Lipinski definition) is 0. The molecule has 0 aliphatic carbocycles. The second-order valence-electron chi connectivity index (χ2n) is 6.31. The first-order valence-electron chi connectivity index (χ1n) is 9.20. The van der Waals surface area contributed by atoms with Crippen LogP contribution in [0.4, 0.5) is 0 Å². The Morgan fingerprint density at radius 2 is 1.36 bits per heavy atom. The molecule has 0 spiro atoms. The molecule has 0 bridgehead atoms. The molecule has 2 heteroatoms. The molecular formula is C23H28O2. The topological polar surface area (TPSA) is 26.3 Å². The predicted molar refractivity (Wildman–Crippen MR) is 103 cm³/mol. The molecule has 0 fully saturated rings. The molecule has 0 atom stereocenters. The fourth-order valence-electron chi connectivity index (χ4n) is 2.97. The Balaban J connectivity index is 2.17. The molecule has 0 saturated heterocycles. The summed E-state index contributed by atoms with van der Waals surface area (Å²) in [5, 5.41) is 0. The third-order valence-corrected chi connectivity index (χ3v) is 4.20. The molecule has 0 unspecified atom stereocenters. The Morgan fingerprint density at radius 3 is 1.92 bits per heavy atom. The van der Waals surface area contributed by atoms with E-state index in [0.717, 1.165) is 43.2 Å². The summed E-state index contributed by atoms with van der Waals surface area (Å²) in [6.45, 7) is 4.60. The van der Waals surface area contributed by atoms with Crippen LogP contribution in [-0.2, 0) is 22.6 Å². The van der Waals surface area contributed by atoms with Crippen LogP contribution in [0, 0.1) is 0 Å². The van der Waals surface area contributed by atoms with Crippen LogP contribution in [-0.4, -0.2) is 5.97 Å². The third-order valence-electron chi connectivity index (χ3n) is 4.20. The highest BCUT2D eigenvalue weighted by Gasteiger charge is 2.16. The van der Waals surface area contributed by atoms with Crippen LogP contribution in [0.15, 0.2) is 71.8 Å². The summed E-state index contributed by atoms with van der Waals surface area (Å²) in [7, 11) is 0. The molecule has 0 aromatic heterocycles. The van der Waals surface area contributed by atoms with Crippen LogP contribution in [0.2, 0.25) is 0 Å². The maximum Gasteiger partial charge on any atom is 0.334 e. The van der Waals surface area contributed by atoms with Gasteiger partial charge < -0.3 is 4.74 Å². The van der Waals surface area contributed by atoms with E-state index in [2.05, 4.69) is 26.0 Å². The quantitative estimate of drug-likeness (QED) is 0.423. The third kappa shape index (κ3) is 6.22. The van der Waals surface area contributed by atoms with Gasteiger partial charge in [0.1, 0.15) is 6.61 Å². The van der Waals surface area contributed by atoms with Crippen LogP contribution in [0.1, 0.15) is 50.7 Å². The summed E-state index contributed by atoms with van der Waals surface area (Å²) in [5.74, 6) is -0.162. The van der Waals surface area contributed by atoms with Gasteiger partial charge in [0.05, 0.1) is 0 Å². The Kier molecular flexibility index (Phi) is 7.97. The van der Waals surface area contributed by atoms with Crippen LogP contribution in [0.25, 0.3) is 0 Å². The van der Waals surface area contributed by atoms with Crippen molar-refractivity contribution in [3.63, 3.8) is 0 Å². The molecule has 0 heterocycles. The molecule has 25 heavy (non-hydrogen) atoms. The number of esters is 1. The summed E-state index contributed by atoms with van der Waals surface area (Å²) in [5.41, 5.74) is 4.35. The smallest absolute Gasteiger partial charge is 0.334 e. The number of hydrogen-bond acceptors (Lipinski definition) is 2. The molecule has 0 N–H and O–H groups in total. The average molecular weight is 336 g/mol. The van der Waals surface area contributed by atoms with Gasteiger partial charge in [-0.3, -0.25) is 0 Å². The first kappa shape index (κ1) is 19.0. The average Bonchev–Trinajstić information content (AvgIpc) is 2.65. The van der Waals surface area contributed by atoms with Crippen molar-refractivity contribution in [1.82, 2.24) is 0 Å². The summed E-state index contributed by atoms with van der Waals surface area (Å²) < 4.78 is 5.61. The molecule has 0 aliphatic rings. The van der Waals surface area contributed by atoms with Crippen molar-refractivity contribution in [3.05, 3.63) is 82.9 Å². The highest BCUT2D eigenvalue weighted by Crippen LogP contribution is 2.22. The molecule has 2 nitrogen and oxygen atoms in total. The zero-order valence-corrected chi connectivity index (χ0v) is 15.3. The van der Waals surface area contributed by atoms with Crippen molar-refractivity contribution in [1.29, 1.82) is 0 Å². The fourth-order valence-corrected chi connectivity index (χ4v) is 2.97. The van der Waals surface area contributed by atoms with E-state index in [1.165, 1.54) is 11.1 Å². The van der Waals surface area contributed by atoms with E-state index < -0.39 is 0 Å².